The number of fused-ring (bicyclic) bond motifs is 4. The molecule has 0 atom stereocenters. The van der Waals surface area contributed by atoms with Gasteiger partial charge in [0, 0.05) is 22.9 Å². The maximum Gasteiger partial charge on any atom is 0.0197 e. The van der Waals surface area contributed by atoms with E-state index in [0.29, 0.717) is 0 Å². The van der Waals surface area contributed by atoms with Gasteiger partial charge in [0.05, 0.1) is 0 Å². The molecule has 3 heteroatoms. The summed E-state index contributed by atoms with van der Waals surface area (Å²) in [4.78, 5) is 5.39. The number of nitrogens with zero attached hydrogens (tertiary/aromatic N) is 1. The van der Waals surface area contributed by atoms with Gasteiger partial charge in [-0.1, -0.05) is 55.1 Å². The summed E-state index contributed by atoms with van der Waals surface area (Å²) in [5.74, 6) is 0. The highest BCUT2D eigenvalue weighted by molar-refractivity contribution is 7.99. The summed E-state index contributed by atoms with van der Waals surface area (Å²) in [6.45, 7) is 5.78. The highest BCUT2D eigenvalue weighted by Crippen LogP contribution is 2.46. The van der Waals surface area contributed by atoms with Crippen molar-refractivity contribution in [1.29, 1.82) is 0 Å². The highest BCUT2D eigenvalue weighted by atomic mass is 35.5. The summed E-state index contributed by atoms with van der Waals surface area (Å²) < 4.78 is 0. The first-order valence-corrected chi connectivity index (χ1v) is 8.99. The summed E-state index contributed by atoms with van der Waals surface area (Å²) in [5, 5.41) is 0. The van der Waals surface area contributed by atoms with E-state index in [9.17, 15) is 0 Å². The van der Waals surface area contributed by atoms with Crippen LogP contribution in [0.4, 0.5) is 0 Å². The quantitative estimate of drug-likeness (QED) is 0.663. The normalized spacial score (nSPS) is 17.3. The van der Waals surface area contributed by atoms with Crippen LogP contribution in [0.25, 0.3) is 11.1 Å². The Labute approximate surface area is 149 Å². The van der Waals surface area contributed by atoms with E-state index in [2.05, 4.69) is 60.4 Å². The van der Waals surface area contributed by atoms with Gasteiger partial charge in [-0.3, -0.25) is 0 Å². The molecular weight excluding hydrogens is 322 g/mol. The van der Waals surface area contributed by atoms with Crippen molar-refractivity contribution in [2.45, 2.75) is 29.6 Å². The van der Waals surface area contributed by atoms with Crippen molar-refractivity contribution in [3.05, 3.63) is 59.7 Å². The van der Waals surface area contributed by atoms with E-state index >= 15 is 0 Å². The molecule has 120 valence electrons. The van der Waals surface area contributed by atoms with Crippen molar-refractivity contribution in [3.63, 3.8) is 0 Å². The van der Waals surface area contributed by atoms with Gasteiger partial charge < -0.3 is 4.90 Å². The van der Waals surface area contributed by atoms with Crippen LogP contribution in [0.2, 0.25) is 0 Å². The van der Waals surface area contributed by atoms with E-state index in [4.69, 9.17) is 0 Å². The van der Waals surface area contributed by atoms with Crippen LogP contribution in [0.15, 0.2) is 58.3 Å². The fourth-order valence-electron chi connectivity index (χ4n) is 3.59. The van der Waals surface area contributed by atoms with Crippen LogP contribution >= 0.6 is 24.2 Å². The molecule has 0 aromatic heterocycles. The van der Waals surface area contributed by atoms with E-state index < -0.39 is 0 Å². The van der Waals surface area contributed by atoms with Crippen LogP contribution in [-0.2, 0) is 0 Å². The molecule has 2 aliphatic rings. The minimum atomic E-state index is 0. The van der Waals surface area contributed by atoms with Crippen molar-refractivity contribution in [1.82, 2.24) is 4.90 Å². The smallest absolute Gasteiger partial charge is 0.0197 e. The lowest BCUT2D eigenvalue weighted by Crippen LogP contribution is -2.24. The van der Waals surface area contributed by atoms with Gasteiger partial charge in [-0.05, 0) is 53.8 Å². The van der Waals surface area contributed by atoms with Crippen molar-refractivity contribution in [2.24, 2.45) is 0 Å². The zero-order chi connectivity index (χ0) is 14.9. The monoisotopic (exact) mass is 343 g/mol. The van der Waals surface area contributed by atoms with Gasteiger partial charge in [-0.25, -0.2) is 0 Å². The third-order valence-electron chi connectivity index (χ3n) is 4.81. The summed E-state index contributed by atoms with van der Waals surface area (Å²) in [6.07, 6.45) is 2.32. The van der Waals surface area contributed by atoms with Crippen LogP contribution < -0.4 is 0 Å². The molecule has 0 unspecified atom stereocenters. The lowest BCUT2D eigenvalue weighted by atomic mass is 9.91. The average molecular weight is 344 g/mol. The van der Waals surface area contributed by atoms with Crippen LogP contribution in [-0.4, -0.2) is 24.5 Å². The van der Waals surface area contributed by atoms with E-state index in [-0.39, 0.29) is 12.4 Å². The zero-order valence-corrected chi connectivity index (χ0v) is 15.1. The molecule has 0 aliphatic carbocycles. The molecule has 0 N–H and O–H groups in total. The first-order valence-electron chi connectivity index (χ1n) is 8.18. The van der Waals surface area contributed by atoms with E-state index in [1.165, 1.54) is 34.0 Å². The molecule has 0 saturated carbocycles. The SMILES string of the molecule is CCN1CCC2=C(CC1)c1ccccc1Sc1ccccc12.Cl. The number of halogens is 1. The molecule has 1 nitrogen and oxygen atoms in total. The molecule has 2 heterocycles. The minimum Gasteiger partial charge on any atom is -0.303 e. The number of benzene rings is 2. The van der Waals surface area contributed by atoms with Crippen molar-refractivity contribution in [2.75, 3.05) is 19.6 Å². The first-order chi connectivity index (χ1) is 10.9. The summed E-state index contributed by atoms with van der Waals surface area (Å²) >= 11 is 1.93. The average Bonchev–Trinajstić information content (AvgIpc) is 2.84. The zero-order valence-electron chi connectivity index (χ0n) is 13.4. The Kier molecular flexibility index (Phi) is 5.15. The number of rotatable bonds is 1. The van der Waals surface area contributed by atoms with Gasteiger partial charge in [0.25, 0.3) is 0 Å². The van der Waals surface area contributed by atoms with Gasteiger partial charge in [-0.2, -0.15) is 0 Å². The molecule has 23 heavy (non-hydrogen) atoms. The fourth-order valence-corrected chi connectivity index (χ4v) is 4.73. The summed E-state index contributed by atoms with van der Waals surface area (Å²) in [6, 6.07) is 17.9. The Balaban J connectivity index is 0.00000156. The topological polar surface area (TPSA) is 3.24 Å². The van der Waals surface area contributed by atoms with Crippen LogP contribution in [0.1, 0.15) is 30.9 Å². The minimum absolute atomic E-state index is 0. The number of hydrogen-bond acceptors (Lipinski definition) is 2. The largest absolute Gasteiger partial charge is 0.303 e. The molecule has 2 aromatic rings. The Morgan fingerprint density at radius 2 is 1.30 bits per heavy atom. The van der Waals surface area contributed by atoms with Crippen LogP contribution in [0.5, 0.6) is 0 Å². The number of hydrogen-bond donors (Lipinski definition) is 0. The second-order valence-electron chi connectivity index (χ2n) is 5.99. The molecule has 2 aromatic carbocycles. The van der Waals surface area contributed by atoms with Crippen molar-refractivity contribution >= 4 is 35.3 Å². The Hall–Kier alpha value is -1.22. The van der Waals surface area contributed by atoms with Gasteiger partial charge in [-0.15, -0.1) is 12.4 Å². The lowest BCUT2D eigenvalue weighted by molar-refractivity contribution is 0.307. The van der Waals surface area contributed by atoms with Crippen LogP contribution in [0, 0.1) is 0 Å². The first kappa shape index (κ1) is 16.6. The second-order valence-corrected chi connectivity index (χ2v) is 7.07. The predicted molar refractivity (Wildman–Crippen MR) is 102 cm³/mol. The van der Waals surface area contributed by atoms with Gasteiger partial charge in [0.2, 0.25) is 0 Å². The van der Waals surface area contributed by atoms with Crippen molar-refractivity contribution in [3.8, 4) is 0 Å². The molecule has 0 saturated heterocycles. The van der Waals surface area contributed by atoms with E-state index in [1.807, 2.05) is 11.8 Å². The Bertz CT molecular complexity index is 678. The molecule has 0 amide bonds. The maximum atomic E-state index is 2.58. The summed E-state index contributed by atoms with van der Waals surface area (Å²) in [5.41, 5.74) is 6.06. The van der Waals surface area contributed by atoms with Gasteiger partial charge in [0.15, 0.2) is 0 Å². The fraction of sp³-hybridized carbons (Fsp3) is 0.300. The molecule has 4 rings (SSSR count). The molecule has 2 aliphatic heterocycles. The summed E-state index contributed by atoms with van der Waals surface area (Å²) in [7, 11) is 0. The third-order valence-corrected chi connectivity index (χ3v) is 5.96. The molecule has 0 spiro atoms. The Morgan fingerprint density at radius 1 is 0.826 bits per heavy atom. The molecular formula is C20H22ClNS. The lowest BCUT2D eigenvalue weighted by Gasteiger charge is -2.18. The maximum absolute atomic E-state index is 2.58. The predicted octanol–water partition coefficient (Wildman–Crippen LogP) is 5.60. The second kappa shape index (κ2) is 7.12. The third kappa shape index (κ3) is 3.08. The molecule has 0 bridgehead atoms. The van der Waals surface area contributed by atoms with Gasteiger partial charge in [0.1, 0.15) is 0 Å². The van der Waals surface area contributed by atoms with Gasteiger partial charge >= 0.3 is 0 Å². The van der Waals surface area contributed by atoms with Crippen molar-refractivity contribution < 1.29 is 0 Å². The standard InChI is InChI=1S/C20H21NS.ClH/c1-2-21-13-11-15-16(12-14-21)18-8-4-6-10-20(18)22-19-9-5-3-7-17(15)19;/h3-10H,2,11-14H2,1H3;1H. The Morgan fingerprint density at radius 3 is 1.78 bits per heavy atom. The van der Waals surface area contributed by atoms with Crippen LogP contribution in [0.3, 0.4) is 0 Å². The molecule has 0 radical (unpaired) electrons. The molecule has 0 fully saturated rings. The highest BCUT2D eigenvalue weighted by Gasteiger charge is 2.24. The van der Waals surface area contributed by atoms with E-state index in [1.54, 1.807) is 11.1 Å². The van der Waals surface area contributed by atoms with E-state index in [0.717, 1.165) is 19.4 Å².